The van der Waals surface area contributed by atoms with Gasteiger partial charge in [-0.05, 0) is 62.3 Å². The Morgan fingerprint density at radius 2 is 1.80 bits per heavy atom. The molecule has 0 bridgehead atoms. The number of piperidine rings is 1. The maximum Gasteiger partial charge on any atom is 0.227 e. The topological polar surface area (TPSA) is 59.0 Å². The van der Waals surface area contributed by atoms with E-state index < -0.39 is 0 Å². The first-order valence-electron chi connectivity index (χ1n) is 8.35. The van der Waals surface area contributed by atoms with E-state index in [2.05, 4.69) is 21.7 Å². The molecule has 0 aliphatic carbocycles. The summed E-state index contributed by atoms with van der Waals surface area (Å²) in [6.07, 6.45) is 3.64. The fourth-order valence-corrected chi connectivity index (χ4v) is 3.20. The van der Waals surface area contributed by atoms with Crippen LogP contribution in [0.5, 0.6) is 0 Å². The highest BCUT2D eigenvalue weighted by Gasteiger charge is 2.20. The van der Waals surface area contributed by atoms with Crippen molar-refractivity contribution in [3.05, 3.63) is 54.9 Å². The molecule has 6 heteroatoms. The molecule has 0 spiro atoms. The van der Waals surface area contributed by atoms with Gasteiger partial charge in [0.05, 0.1) is 11.0 Å². The molecule has 2 heterocycles. The normalized spacial score (nSPS) is 14.9. The van der Waals surface area contributed by atoms with E-state index >= 15 is 0 Å². The zero-order chi connectivity index (χ0) is 16.4. The van der Waals surface area contributed by atoms with Gasteiger partial charge in [-0.3, -0.25) is 9.36 Å². The van der Waals surface area contributed by atoms with Crippen molar-refractivity contribution in [1.82, 2.24) is 14.9 Å². The summed E-state index contributed by atoms with van der Waals surface area (Å²) in [7, 11) is 0. The molecular weight excluding hydrogens is 336 g/mol. The van der Waals surface area contributed by atoms with E-state index in [1.807, 2.05) is 53.4 Å². The molecule has 1 aliphatic rings. The summed E-state index contributed by atoms with van der Waals surface area (Å²) in [5, 5.41) is 6.31. The van der Waals surface area contributed by atoms with Crippen LogP contribution in [0.3, 0.4) is 0 Å². The van der Waals surface area contributed by atoms with Gasteiger partial charge in [-0.25, -0.2) is 4.98 Å². The van der Waals surface area contributed by atoms with Crippen LogP contribution in [0.15, 0.2) is 54.9 Å². The van der Waals surface area contributed by atoms with Crippen LogP contribution in [0.1, 0.15) is 12.8 Å². The van der Waals surface area contributed by atoms with Crippen molar-refractivity contribution in [3.63, 3.8) is 0 Å². The number of benzene rings is 2. The van der Waals surface area contributed by atoms with Gasteiger partial charge in [0.2, 0.25) is 5.91 Å². The van der Waals surface area contributed by atoms with Crippen molar-refractivity contribution in [3.8, 4) is 5.69 Å². The highest BCUT2D eigenvalue weighted by Crippen LogP contribution is 2.20. The van der Waals surface area contributed by atoms with Crippen LogP contribution in [-0.4, -0.2) is 28.5 Å². The van der Waals surface area contributed by atoms with Crippen LogP contribution in [0.2, 0.25) is 0 Å². The number of aromatic nitrogens is 2. The third-order valence-electron chi connectivity index (χ3n) is 4.58. The number of amides is 1. The van der Waals surface area contributed by atoms with Crippen LogP contribution in [0, 0.1) is 5.92 Å². The van der Waals surface area contributed by atoms with E-state index in [0.717, 1.165) is 48.3 Å². The first-order chi connectivity index (χ1) is 11.8. The molecular formula is C19H21ClN4O. The molecule has 5 nitrogen and oxygen atoms in total. The average molecular weight is 357 g/mol. The summed E-state index contributed by atoms with van der Waals surface area (Å²) in [5.74, 6) is 0.237. The number of hydrogen-bond donors (Lipinski definition) is 2. The fraction of sp³-hybridized carbons (Fsp3) is 0.263. The summed E-state index contributed by atoms with van der Waals surface area (Å²) >= 11 is 0. The van der Waals surface area contributed by atoms with Crippen molar-refractivity contribution in [2.45, 2.75) is 12.8 Å². The number of nitrogens with one attached hydrogen (secondary N) is 2. The number of rotatable bonds is 3. The Kier molecular flexibility index (Phi) is 5.36. The number of carbonyl (C=O) groups is 1. The van der Waals surface area contributed by atoms with E-state index in [9.17, 15) is 4.79 Å². The number of para-hydroxylation sites is 2. The van der Waals surface area contributed by atoms with Crippen molar-refractivity contribution in [2.75, 3.05) is 18.4 Å². The van der Waals surface area contributed by atoms with Gasteiger partial charge in [-0.15, -0.1) is 12.4 Å². The fourth-order valence-electron chi connectivity index (χ4n) is 3.20. The lowest BCUT2D eigenvalue weighted by atomic mass is 9.97. The van der Waals surface area contributed by atoms with Crippen molar-refractivity contribution < 1.29 is 4.79 Å². The van der Waals surface area contributed by atoms with Gasteiger partial charge in [0.1, 0.15) is 6.33 Å². The first-order valence-corrected chi connectivity index (χ1v) is 8.35. The molecule has 0 atom stereocenters. The Labute approximate surface area is 152 Å². The van der Waals surface area contributed by atoms with Crippen LogP contribution >= 0.6 is 12.4 Å². The number of carbonyl (C=O) groups excluding carboxylic acids is 1. The van der Waals surface area contributed by atoms with Crippen molar-refractivity contribution >= 4 is 35.0 Å². The second-order valence-electron chi connectivity index (χ2n) is 6.16. The lowest BCUT2D eigenvalue weighted by molar-refractivity contribution is -0.120. The minimum absolute atomic E-state index is 0. The van der Waals surface area contributed by atoms with Gasteiger partial charge in [-0.2, -0.15) is 0 Å². The SMILES string of the molecule is Cl.O=C(Nc1ccc(-n2cnc3ccccc32)cc1)C1CCNCC1. The standard InChI is InChI=1S/C19H20N4O.ClH/c24-19(14-9-11-20-12-10-14)22-15-5-7-16(8-6-15)23-13-21-17-3-1-2-4-18(17)23;/h1-8,13-14,20H,9-12H2,(H,22,24);1H. The van der Waals surface area contributed by atoms with Gasteiger partial charge in [0.15, 0.2) is 0 Å². The van der Waals surface area contributed by atoms with E-state index in [1.54, 1.807) is 0 Å². The summed E-state index contributed by atoms with van der Waals surface area (Å²) in [6.45, 7) is 1.84. The van der Waals surface area contributed by atoms with E-state index in [1.165, 1.54) is 0 Å². The molecule has 2 aromatic carbocycles. The van der Waals surface area contributed by atoms with Crippen molar-refractivity contribution in [1.29, 1.82) is 0 Å². The van der Waals surface area contributed by atoms with Gasteiger partial charge in [-0.1, -0.05) is 12.1 Å². The van der Waals surface area contributed by atoms with Crippen LogP contribution in [0.4, 0.5) is 5.69 Å². The Hall–Kier alpha value is -2.37. The molecule has 2 N–H and O–H groups in total. The molecule has 1 fully saturated rings. The summed E-state index contributed by atoms with van der Waals surface area (Å²) < 4.78 is 2.05. The lowest BCUT2D eigenvalue weighted by Crippen LogP contribution is -2.34. The molecule has 1 amide bonds. The average Bonchev–Trinajstić information content (AvgIpc) is 3.07. The zero-order valence-electron chi connectivity index (χ0n) is 13.8. The summed E-state index contributed by atoms with van der Waals surface area (Å²) in [5.41, 5.74) is 3.92. The van der Waals surface area contributed by atoms with E-state index in [-0.39, 0.29) is 24.2 Å². The van der Waals surface area contributed by atoms with E-state index in [4.69, 9.17) is 0 Å². The van der Waals surface area contributed by atoms with Gasteiger partial charge >= 0.3 is 0 Å². The molecule has 0 unspecified atom stereocenters. The van der Waals surface area contributed by atoms with Crippen LogP contribution in [-0.2, 0) is 4.79 Å². The molecule has 1 aromatic heterocycles. The summed E-state index contributed by atoms with van der Waals surface area (Å²) in [6, 6.07) is 16.0. The molecule has 3 aromatic rings. The molecule has 0 saturated carbocycles. The predicted molar refractivity (Wildman–Crippen MR) is 103 cm³/mol. The minimum atomic E-state index is 0. The number of imidazole rings is 1. The highest BCUT2D eigenvalue weighted by molar-refractivity contribution is 5.92. The number of halogens is 1. The maximum absolute atomic E-state index is 12.3. The predicted octanol–water partition coefficient (Wildman–Crippen LogP) is 3.39. The molecule has 1 aliphatic heterocycles. The molecule has 4 rings (SSSR count). The minimum Gasteiger partial charge on any atom is -0.326 e. The third-order valence-corrected chi connectivity index (χ3v) is 4.58. The molecule has 25 heavy (non-hydrogen) atoms. The smallest absolute Gasteiger partial charge is 0.227 e. The lowest BCUT2D eigenvalue weighted by Gasteiger charge is -2.21. The van der Waals surface area contributed by atoms with E-state index in [0.29, 0.717) is 0 Å². The second kappa shape index (κ2) is 7.68. The Morgan fingerprint density at radius 3 is 2.56 bits per heavy atom. The number of hydrogen-bond acceptors (Lipinski definition) is 3. The number of anilines is 1. The zero-order valence-corrected chi connectivity index (χ0v) is 14.6. The third kappa shape index (κ3) is 3.67. The first kappa shape index (κ1) is 17.5. The molecule has 0 radical (unpaired) electrons. The monoisotopic (exact) mass is 356 g/mol. The largest absolute Gasteiger partial charge is 0.326 e. The Bertz CT molecular complexity index is 853. The van der Waals surface area contributed by atoms with Gasteiger partial charge in [0.25, 0.3) is 0 Å². The Balaban J connectivity index is 0.00000182. The van der Waals surface area contributed by atoms with Gasteiger partial charge < -0.3 is 10.6 Å². The van der Waals surface area contributed by atoms with Gasteiger partial charge in [0, 0.05) is 17.3 Å². The quantitative estimate of drug-likeness (QED) is 0.756. The number of fused-ring (bicyclic) bond motifs is 1. The number of nitrogens with zero attached hydrogens (tertiary/aromatic N) is 2. The summed E-state index contributed by atoms with van der Waals surface area (Å²) in [4.78, 5) is 16.7. The Morgan fingerprint density at radius 1 is 1.08 bits per heavy atom. The molecule has 130 valence electrons. The molecule has 1 saturated heterocycles. The van der Waals surface area contributed by atoms with Crippen LogP contribution in [0.25, 0.3) is 16.7 Å². The van der Waals surface area contributed by atoms with Crippen LogP contribution < -0.4 is 10.6 Å². The maximum atomic E-state index is 12.3. The second-order valence-corrected chi connectivity index (χ2v) is 6.16. The highest BCUT2D eigenvalue weighted by atomic mass is 35.5. The van der Waals surface area contributed by atoms with Crippen molar-refractivity contribution in [2.24, 2.45) is 5.92 Å².